The molecule has 2 rings (SSSR count). The number of benzene rings is 2. The Bertz CT molecular complexity index is 588. The molecule has 1 unspecified atom stereocenters. The molecular formula is C18H21NO2. The van der Waals surface area contributed by atoms with E-state index < -0.39 is 0 Å². The van der Waals surface area contributed by atoms with Gasteiger partial charge in [-0.2, -0.15) is 0 Å². The molecule has 1 amide bonds. The third-order valence-electron chi connectivity index (χ3n) is 3.64. The zero-order valence-corrected chi connectivity index (χ0v) is 12.3. The Balaban J connectivity index is 2.18. The number of phenolic OH excluding ortho intramolecular Hbond substituents is 1. The Kier molecular flexibility index (Phi) is 4.99. The van der Waals surface area contributed by atoms with Gasteiger partial charge in [0.1, 0.15) is 5.75 Å². The van der Waals surface area contributed by atoms with Crippen LogP contribution in [0.1, 0.15) is 36.0 Å². The first kappa shape index (κ1) is 15.1. The summed E-state index contributed by atoms with van der Waals surface area (Å²) in [5.74, 6) is -0.449. The van der Waals surface area contributed by atoms with Crippen LogP contribution in [0.15, 0.2) is 48.5 Å². The summed E-state index contributed by atoms with van der Waals surface area (Å²) in [6, 6.07) is 15.0. The van der Waals surface area contributed by atoms with Gasteiger partial charge < -0.3 is 10.8 Å². The van der Waals surface area contributed by atoms with Crippen LogP contribution in [0.4, 0.5) is 0 Å². The van der Waals surface area contributed by atoms with Crippen molar-refractivity contribution < 1.29 is 9.90 Å². The molecule has 0 radical (unpaired) electrons. The molecule has 0 aromatic heterocycles. The first-order chi connectivity index (χ1) is 10.1. The molecule has 3 N–H and O–H groups in total. The lowest BCUT2D eigenvalue weighted by Crippen LogP contribution is -2.23. The summed E-state index contributed by atoms with van der Waals surface area (Å²) in [7, 11) is 0. The standard InChI is InChI=1S/C18H21NO2/c1-2-3-13-4-8-15(9-5-13)17(18(19)21)12-14-6-10-16(20)11-7-14/h4-11,17,20H,2-3,12H2,1H3,(H2,19,21). The van der Waals surface area contributed by atoms with Gasteiger partial charge >= 0.3 is 0 Å². The van der Waals surface area contributed by atoms with Crippen molar-refractivity contribution in [2.75, 3.05) is 0 Å². The normalized spacial score (nSPS) is 12.0. The number of rotatable bonds is 6. The number of hydrogen-bond donors (Lipinski definition) is 2. The SMILES string of the molecule is CCCc1ccc(C(Cc2ccc(O)cc2)C(N)=O)cc1. The molecule has 21 heavy (non-hydrogen) atoms. The van der Waals surface area contributed by atoms with Crippen LogP contribution in [0.2, 0.25) is 0 Å². The van der Waals surface area contributed by atoms with Gasteiger partial charge in [0, 0.05) is 0 Å². The maximum Gasteiger partial charge on any atom is 0.225 e. The van der Waals surface area contributed by atoms with E-state index in [-0.39, 0.29) is 17.6 Å². The van der Waals surface area contributed by atoms with E-state index in [2.05, 4.69) is 19.1 Å². The Hall–Kier alpha value is -2.29. The number of primary amides is 1. The van der Waals surface area contributed by atoms with Crippen LogP contribution in [0.3, 0.4) is 0 Å². The largest absolute Gasteiger partial charge is 0.508 e. The van der Waals surface area contributed by atoms with Gasteiger partial charge in [-0.3, -0.25) is 4.79 Å². The lowest BCUT2D eigenvalue weighted by molar-refractivity contribution is -0.119. The number of hydrogen-bond acceptors (Lipinski definition) is 2. The highest BCUT2D eigenvalue weighted by molar-refractivity contribution is 5.82. The Morgan fingerprint density at radius 3 is 2.14 bits per heavy atom. The quantitative estimate of drug-likeness (QED) is 0.855. The van der Waals surface area contributed by atoms with Crippen LogP contribution in [-0.4, -0.2) is 11.0 Å². The molecule has 0 aliphatic carbocycles. The molecule has 0 aliphatic heterocycles. The molecule has 0 aliphatic rings. The van der Waals surface area contributed by atoms with E-state index in [0.29, 0.717) is 6.42 Å². The van der Waals surface area contributed by atoms with Gasteiger partial charge in [0.05, 0.1) is 5.92 Å². The summed E-state index contributed by atoms with van der Waals surface area (Å²) in [5, 5.41) is 9.31. The number of amides is 1. The predicted molar refractivity (Wildman–Crippen MR) is 84.2 cm³/mol. The second-order valence-corrected chi connectivity index (χ2v) is 5.32. The monoisotopic (exact) mass is 283 g/mol. The number of aromatic hydroxyl groups is 1. The topological polar surface area (TPSA) is 63.3 Å². The number of aryl methyl sites for hydroxylation is 1. The van der Waals surface area contributed by atoms with Gasteiger partial charge in [-0.25, -0.2) is 0 Å². The van der Waals surface area contributed by atoms with Crippen molar-refractivity contribution in [1.82, 2.24) is 0 Å². The van der Waals surface area contributed by atoms with Crippen LogP contribution in [0.5, 0.6) is 5.75 Å². The van der Waals surface area contributed by atoms with Crippen molar-refractivity contribution in [3.8, 4) is 5.75 Å². The minimum Gasteiger partial charge on any atom is -0.508 e. The summed E-state index contributed by atoms with van der Waals surface area (Å²) >= 11 is 0. The highest BCUT2D eigenvalue weighted by Gasteiger charge is 2.18. The zero-order valence-electron chi connectivity index (χ0n) is 12.3. The zero-order chi connectivity index (χ0) is 15.2. The molecule has 0 spiro atoms. The molecular weight excluding hydrogens is 262 g/mol. The van der Waals surface area contributed by atoms with Gasteiger partial charge in [0.25, 0.3) is 0 Å². The van der Waals surface area contributed by atoms with Crippen LogP contribution >= 0.6 is 0 Å². The van der Waals surface area contributed by atoms with E-state index in [1.807, 2.05) is 24.3 Å². The summed E-state index contributed by atoms with van der Waals surface area (Å²) in [6.07, 6.45) is 2.69. The lowest BCUT2D eigenvalue weighted by atomic mass is 9.90. The molecule has 0 bridgehead atoms. The van der Waals surface area contributed by atoms with E-state index in [1.54, 1.807) is 12.1 Å². The number of carbonyl (C=O) groups excluding carboxylic acids is 1. The van der Waals surface area contributed by atoms with Gasteiger partial charge in [-0.15, -0.1) is 0 Å². The number of nitrogens with two attached hydrogens (primary N) is 1. The second kappa shape index (κ2) is 6.93. The van der Waals surface area contributed by atoms with Crippen LogP contribution in [0.25, 0.3) is 0 Å². The van der Waals surface area contributed by atoms with Gasteiger partial charge in [-0.05, 0) is 41.7 Å². The first-order valence-corrected chi connectivity index (χ1v) is 7.26. The van der Waals surface area contributed by atoms with E-state index in [4.69, 9.17) is 5.73 Å². The maximum atomic E-state index is 11.8. The van der Waals surface area contributed by atoms with E-state index >= 15 is 0 Å². The maximum absolute atomic E-state index is 11.8. The average molecular weight is 283 g/mol. The smallest absolute Gasteiger partial charge is 0.225 e. The van der Waals surface area contributed by atoms with Crippen LogP contribution in [0, 0.1) is 0 Å². The molecule has 0 saturated carbocycles. The molecule has 2 aromatic rings. The van der Waals surface area contributed by atoms with Crippen molar-refractivity contribution in [2.45, 2.75) is 32.1 Å². The molecule has 3 nitrogen and oxygen atoms in total. The van der Waals surface area contributed by atoms with E-state index in [1.165, 1.54) is 5.56 Å². The summed E-state index contributed by atoms with van der Waals surface area (Å²) in [5.41, 5.74) is 8.75. The predicted octanol–water partition coefficient (Wildman–Crippen LogP) is 3.16. The van der Waals surface area contributed by atoms with Crippen molar-refractivity contribution in [2.24, 2.45) is 5.73 Å². The van der Waals surface area contributed by atoms with Crippen LogP contribution < -0.4 is 5.73 Å². The molecule has 110 valence electrons. The van der Waals surface area contributed by atoms with Crippen molar-refractivity contribution in [3.05, 3.63) is 65.2 Å². The molecule has 0 heterocycles. The summed E-state index contributed by atoms with van der Waals surface area (Å²) in [6.45, 7) is 2.14. The minimum atomic E-state index is -0.342. The van der Waals surface area contributed by atoms with Gasteiger partial charge in [0.2, 0.25) is 5.91 Å². The van der Waals surface area contributed by atoms with Gasteiger partial charge in [-0.1, -0.05) is 49.7 Å². The minimum absolute atomic E-state index is 0.221. The first-order valence-electron chi connectivity index (χ1n) is 7.26. The second-order valence-electron chi connectivity index (χ2n) is 5.32. The van der Waals surface area contributed by atoms with Gasteiger partial charge in [0.15, 0.2) is 0 Å². The molecule has 0 saturated heterocycles. The summed E-state index contributed by atoms with van der Waals surface area (Å²) < 4.78 is 0. The average Bonchev–Trinajstić information content (AvgIpc) is 2.48. The van der Waals surface area contributed by atoms with Crippen molar-refractivity contribution in [1.29, 1.82) is 0 Å². The van der Waals surface area contributed by atoms with Crippen molar-refractivity contribution >= 4 is 5.91 Å². The number of carbonyl (C=O) groups is 1. The third-order valence-corrected chi connectivity index (χ3v) is 3.64. The highest BCUT2D eigenvalue weighted by Crippen LogP contribution is 2.22. The molecule has 2 aromatic carbocycles. The molecule has 0 fully saturated rings. The molecule has 1 atom stereocenters. The Morgan fingerprint density at radius 1 is 1.05 bits per heavy atom. The third kappa shape index (κ3) is 4.09. The highest BCUT2D eigenvalue weighted by atomic mass is 16.3. The van der Waals surface area contributed by atoms with Crippen LogP contribution in [-0.2, 0) is 17.6 Å². The van der Waals surface area contributed by atoms with E-state index in [0.717, 1.165) is 24.0 Å². The Morgan fingerprint density at radius 2 is 1.62 bits per heavy atom. The van der Waals surface area contributed by atoms with E-state index in [9.17, 15) is 9.90 Å². The fourth-order valence-electron chi connectivity index (χ4n) is 2.46. The van der Waals surface area contributed by atoms with Crippen molar-refractivity contribution in [3.63, 3.8) is 0 Å². The Labute approximate surface area is 125 Å². The molecule has 3 heteroatoms. The fraction of sp³-hybridized carbons (Fsp3) is 0.278. The lowest BCUT2D eigenvalue weighted by Gasteiger charge is -2.14. The summed E-state index contributed by atoms with van der Waals surface area (Å²) in [4.78, 5) is 11.8. The fourth-order valence-corrected chi connectivity index (χ4v) is 2.46. The number of phenols is 1.